The molecule has 0 radical (unpaired) electrons. The number of nitrogens with zero attached hydrogens (tertiary/aromatic N) is 2. The van der Waals surface area contributed by atoms with E-state index in [1.165, 1.54) is 23.5 Å². The molecule has 1 aliphatic heterocycles. The van der Waals surface area contributed by atoms with E-state index in [4.69, 9.17) is 5.73 Å². The van der Waals surface area contributed by atoms with Crippen LogP contribution in [0.1, 0.15) is 18.5 Å². The number of nitrogens with one attached hydrogen (secondary N) is 1. The Labute approximate surface area is 185 Å². The van der Waals surface area contributed by atoms with Crippen molar-refractivity contribution < 1.29 is 14.0 Å². The quantitative estimate of drug-likeness (QED) is 0.690. The van der Waals surface area contributed by atoms with Gasteiger partial charge in [0, 0.05) is 37.1 Å². The van der Waals surface area contributed by atoms with Crippen molar-refractivity contribution in [2.75, 3.05) is 26.2 Å². The number of carbonyl (C=O) groups is 2. The summed E-state index contributed by atoms with van der Waals surface area (Å²) in [4.78, 5) is 30.9. The third-order valence-corrected chi connectivity index (χ3v) is 5.48. The molecule has 3 rings (SSSR count). The minimum atomic E-state index is -0.312. The van der Waals surface area contributed by atoms with Gasteiger partial charge in [-0.15, -0.1) is 36.2 Å². The minimum Gasteiger partial charge on any atom is -0.355 e. The molecule has 1 aromatic carbocycles. The summed E-state index contributed by atoms with van der Waals surface area (Å²) in [5.41, 5.74) is 6.78. The zero-order valence-corrected chi connectivity index (χ0v) is 18.3. The first-order valence-electron chi connectivity index (χ1n) is 9.02. The second-order valence-corrected chi connectivity index (χ2v) is 7.45. The van der Waals surface area contributed by atoms with Crippen LogP contribution in [0.25, 0.3) is 10.6 Å². The van der Waals surface area contributed by atoms with Crippen molar-refractivity contribution in [3.8, 4) is 10.6 Å². The van der Waals surface area contributed by atoms with Crippen LogP contribution in [0.5, 0.6) is 0 Å². The van der Waals surface area contributed by atoms with Crippen LogP contribution in [0.4, 0.5) is 4.39 Å². The number of halogens is 3. The zero-order chi connectivity index (χ0) is 19.2. The van der Waals surface area contributed by atoms with Gasteiger partial charge in [0.2, 0.25) is 11.8 Å². The molecule has 1 saturated heterocycles. The third kappa shape index (κ3) is 6.92. The normalized spacial score (nSPS) is 15.8. The smallest absolute Gasteiger partial charge is 0.228 e. The summed E-state index contributed by atoms with van der Waals surface area (Å²) < 4.78 is 13.4. The standard InChI is InChI=1S/C19H23FN4O2S.2ClH/c20-15-5-1-3-13(9-15)19-23-16(12-27-19)10-17(25)24-8-2-4-14(11-24)18(26)22-7-6-21;;/h1,3,5,9,12,14H,2,4,6-8,10-11,21H2,(H,22,26);2*1H. The molecule has 1 unspecified atom stereocenters. The molecule has 0 spiro atoms. The largest absolute Gasteiger partial charge is 0.355 e. The lowest BCUT2D eigenvalue weighted by atomic mass is 9.96. The Morgan fingerprint density at radius 2 is 2.14 bits per heavy atom. The highest BCUT2D eigenvalue weighted by atomic mass is 35.5. The van der Waals surface area contributed by atoms with Gasteiger partial charge < -0.3 is 16.0 Å². The second-order valence-electron chi connectivity index (χ2n) is 6.59. The maximum atomic E-state index is 13.4. The van der Waals surface area contributed by atoms with Crippen LogP contribution < -0.4 is 11.1 Å². The number of hydrogen-bond acceptors (Lipinski definition) is 5. The van der Waals surface area contributed by atoms with E-state index in [1.807, 2.05) is 5.38 Å². The van der Waals surface area contributed by atoms with E-state index in [9.17, 15) is 14.0 Å². The average molecular weight is 463 g/mol. The number of carbonyl (C=O) groups excluding carboxylic acids is 2. The molecular weight excluding hydrogens is 438 g/mol. The van der Waals surface area contributed by atoms with E-state index >= 15 is 0 Å². The highest BCUT2D eigenvalue weighted by Crippen LogP contribution is 2.25. The molecule has 29 heavy (non-hydrogen) atoms. The monoisotopic (exact) mass is 462 g/mol. The number of nitrogens with two attached hydrogens (primary N) is 1. The van der Waals surface area contributed by atoms with Crippen LogP contribution >= 0.6 is 36.2 Å². The van der Waals surface area contributed by atoms with Crippen molar-refractivity contribution in [2.45, 2.75) is 19.3 Å². The van der Waals surface area contributed by atoms with Crippen molar-refractivity contribution in [2.24, 2.45) is 11.7 Å². The lowest BCUT2D eigenvalue weighted by Gasteiger charge is -2.32. The predicted octanol–water partition coefficient (Wildman–Crippen LogP) is 2.65. The Morgan fingerprint density at radius 1 is 1.34 bits per heavy atom. The van der Waals surface area contributed by atoms with Gasteiger partial charge in [0.15, 0.2) is 0 Å². The Balaban J connectivity index is 0.00000210. The fourth-order valence-corrected chi connectivity index (χ4v) is 3.98. The minimum absolute atomic E-state index is 0. The van der Waals surface area contributed by atoms with Gasteiger partial charge in [-0.1, -0.05) is 12.1 Å². The lowest BCUT2D eigenvalue weighted by molar-refractivity contribution is -0.135. The van der Waals surface area contributed by atoms with Gasteiger partial charge in [0.25, 0.3) is 0 Å². The van der Waals surface area contributed by atoms with Gasteiger partial charge in [0.05, 0.1) is 18.0 Å². The first kappa shape index (κ1) is 25.3. The second kappa shape index (κ2) is 12.1. The van der Waals surface area contributed by atoms with Crippen molar-refractivity contribution in [3.05, 3.63) is 41.2 Å². The molecule has 0 aliphatic carbocycles. The zero-order valence-electron chi connectivity index (χ0n) is 15.8. The molecule has 0 saturated carbocycles. The summed E-state index contributed by atoms with van der Waals surface area (Å²) in [7, 11) is 0. The van der Waals surface area contributed by atoms with Crippen molar-refractivity contribution in [1.29, 1.82) is 0 Å². The Hall–Kier alpha value is -1.74. The maximum absolute atomic E-state index is 13.4. The van der Waals surface area contributed by atoms with E-state index in [-0.39, 0.29) is 54.8 Å². The SMILES string of the molecule is Cl.Cl.NCCNC(=O)C1CCCN(C(=O)Cc2csc(-c3cccc(F)c3)n2)C1. The summed E-state index contributed by atoms with van der Waals surface area (Å²) >= 11 is 1.39. The van der Waals surface area contributed by atoms with Gasteiger partial charge in [-0.25, -0.2) is 9.37 Å². The molecule has 2 heterocycles. The topological polar surface area (TPSA) is 88.3 Å². The Bertz CT molecular complexity index is 821. The number of likely N-dealkylation sites (tertiary alicyclic amines) is 1. The van der Waals surface area contributed by atoms with E-state index in [0.717, 1.165) is 12.8 Å². The van der Waals surface area contributed by atoms with Crippen LogP contribution in [-0.4, -0.2) is 47.9 Å². The molecule has 3 N–H and O–H groups in total. The van der Waals surface area contributed by atoms with E-state index in [2.05, 4.69) is 10.3 Å². The number of thiazole rings is 1. The number of rotatable bonds is 6. The molecule has 1 atom stereocenters. The molecule has 160 valence electrons. The highest BCUT2D eigenvalue weighted by molar-refractivity contribution is 7.13. The molecule has 1 aliphatic rings. The molecule has 1 aromatic heterocycles. The maximum Gasteiger partial charge on any atom is 0.228 e. The highest BCUT2D eigenvalue weighted by Gasteiger charge is 2.28. The molecule has 1 fully saturated rings. The third-order valence-electron chi connectivity index (χ3n) is 4.54. The number of aromatic nitrogens is 1. The molecular formula is C19H25Cl2FN4O2S. The van der Waals surface area contributed by atoms with E-state index in [1.54, 1.807) is 17.0 Å². The van der Waals surface area contributed by atoms with Gasteiger partial charge in [0.1, 0.15) is 10.8 Å². The van der Waals surface area contributed by atoms with Gasteiger partial charge >= 0.3 is 0 Å². The molecule has 6 nitrogen and oxygen atoms in total. The molecule has 2 aromatic rings. The number of benzene rings is 1. The fraction of sp³-hybridized carbons (Fsp3) is 0.421. The first-order valence-corrected chi connectivity index (χ1v) is 9.90. The number of amides is 2. The van der Waals surface area contributed by atoms with Gasteiger partial charge in [-0.3, -0.25) is 9.59 Å². The average Bonchev–Trinajstić information content (AvgIpc) is 3.14. The fourth-order valence-electron chi connectivity index (χ4n) is 3.17. The van der Waals surface area contributed by atoms with E-state index in [0.29, 0.717) is 42.4 Å². The molecule has 10 heteroatoms. The summed E-state index contributed by atoms with van der Waals surface area (Å²) in [5, 5.41) is 5.31. The van der Waals surface area contributed by atoms with Crippen LogP contribution in [0.15, 0.2) is 29.6 Å². The van der Waals surface area contributed by atoms with Crippen LogP contribution in [-0.2, 0) is 16.0 Å². The Kier molecular flexibility index (Phi) is 10.5. The number of hydrogen-bond donors (Lipinski definition) is 2. The summed E-state index contributed by atoms with van der Waals surface area (Å²) in [6.07, 6.45) is 1.77. The molecule has 2 amide bonds. The van der Waals surface area contributed by atoms with E-state index < -0.39 is 0 Å². The Morgan fingerprint density at radius 3 is 2.86 bits per heavy atom. The summed E-state index contributed by atoms with van der Waals surface area (Å²) in [6.45, 7) is 1.93. The van der Waals surface area contributed by atoms with Gasteiger partial charge in [-0.2, -0.15) is 0 Å². The summed E-state index contributed by atoms with van der Waals surface area (Å²) in [5.74, 6) is -0.581. The number of piperidine rings is 1. The van der Waals surface area contributed by atoms with Gasteiger partial charge in [-0.05, 0) is 25.0 Å². The van der Waals surface area contributed by atoms with Crippen molar-refractivity contribution >= 4 is 48.0 Å². The van der Waals surface area contributed by atoms with Crippen LogP contribution in [0, 0.1) is 11.7 Å². The van der Waals surface area contributed by atoms with Crippen LogP contribution in [0.3, 0.4) is 0 Å². The van der Waals surface area contributed by atoms with Crippen LogP contribution in [0.2, 0.25) is 0 Å². The predicted molar refractivity (Wildman–Crippen MR) is 117 cm³/mol. The van der Waals surface area contributed by atoms with Crippen molar-refractivity contribution in [3.63, 3.8) is 0 Å². The first-order chi connectivity index (χ1) is 13.1. The molecule has 0 bridgehead atoms. The summed E-state index contributed by atoms with van der Waals surface area (Å²) in [6, 6.07) is 6.25. The van der Waals surface area contributed by atoms with Crippen molar-refractivity contribution in [1.82, 2.24) is 15.2 Å². The lowest BCUT2D eigenvalue weighted by Crippen LogP contribution is -2.46.